The van der Waals surface area contributed by atoms with Crippen molar-refractivity contribution in [1.29, 1.82) is 0 Å². The van der Waals surface area contributed by atoms with Crippen molar-refractivity contribution in [3.05, 3.63) is 17.8 Å². The van der Waals surface area contributed by atoms with Gasteiger partial charge in [-0.2, -0.15) is 0 Å². The van der Waals surface area contributed by atoms with Gasteiger partial charge in [-0.25, -0.2) is 9.78 Å². The van der Waals surface area contributed by atoms with Gasteiger partial charge in [-0.15, -0.1) is 0 Å². The average molecular weight is 280 g/mol. The first-order valence-electron chi connectivity index (χ1n) is 6.69. The van der Waals surface area contributed by atoms with Crippen molar-refractivity contribution >= 4 is 17.5 Å². The Kier molecular flexibility index (Phi) is 5.76. The highest BCUT2D eigenvalue weighted by molar-refractivity contribution is 5.94. The number of aromatic nitrogens is 1. The Morgan fingerprint density at radius 1 is 1.40 bits per heavy atom. The third kappa shape index (κ3) is 4.70. The highest BCUT2D eigenvalue weighted by Gasteiger charge is 2.19. The summed E-state index contributed by atoms with van der Waals surface area (Å²) in [4.78, 5) is 19.7. The lowest BCUT2D eigenvalue weighted by Crippen LogP contribution is -2.36. The molecule has 0 aliphatic heterocycles. The fourth-order valence-corrected chi connectivity index (χ4v) is 1.93. The van der Waals surface area contributed by atoms with E-state index in [9.17, 15) is 9.90 Å². The number of hydrogen-bond donors (Lipinski definition) is 2. The number of likely N-dealkylation sites (N-methyl/N-ethyl adjacent to an activating group) is 1. The van der Waals surface area contributed by atoms with E-state index in [0.29, 0.717) is 17.4 Å². The number of anilines is 2. The quantitative estimate of drug-likeness (QED) is 0.785. The highest BCUT2D eigenvalue weighted by atomic mass is 16.4. The molecule has 3 N–H and O–H groups in total. The number of rotatable bonds is 7. The predicted octanol–water partition coefficient (Wildman–Crippen LogP) is 1.39. The van der Waals surface area contributed by atoms with Gasteiger partial charge in [0.2, 0.25) is 0 Å². The summed E-state index contributed by atoms with van der Waals surface area (Å²) in [5, 5.41) is 9.32. The molecule has 0 spiro atoms. The minimum absolute atomic E-state index is 0.157. The molecule has 1 rings (SSSR count). The van der Waals surface area contributed by atoms with Gasteiger partial charge >= 0.3 is 5.97 Å². The van der Waals surface area contributed by atoms with E-state index in [1.165, 1.54) is 12.3 Å². The van der Waals surface area contributed by atoms with Gasteiger partial charge in [0.15, 0.2) is 0 Å². The Hall–Kier alpha value is -1.82. The number of nitrogens with two attached hydrogens (primary N) is 1. The molecule has 1 heterocycles. The van der Waals surface area contributed by atoms with Gasteiger partial charge in [0, 0.05) is 19.6 Å². The van der Waals surface area contributed by atoms with Gasteiger partial charge in [-0.1, -0.05) is 13.8 Å². The van der Waals surface area contributed by atoms with E-state index in [1.807, 2.05) is 19.0 Å². The van der Waals surface area contributed by atoms with Crippen LogP contribution in [0, 0.1) is 5.92 Å². The normalized spacial score (nSPS) is 11.1. The summed E-state index contributed by atoms with van der Waals surface area (Å²) in [5.74, 6) is -0.0983. The van der Waals surface area contributed by atoms with E-state index in [4.69, 9.17) is 5.73 Å². The number of aromatic carboxylic acids is 1. The largest absolute Gasteiger partial charge is 0.478 e. The zero-order valence-corrected chi connectivity index (χ0v) is 12.6. The lowest BCUT2D eigenvalue weighted by atomic mass is 10.1. The van der Waals surface area contributed by atoms with Crippen molar-refractivity contribution in [2.75, 3.05) is 44.4 Å². The van der Waals surface area contributed by atoms with Crippen molar-refractivity contribution in [3.8, 4) is 0 Å². The molecular weight excluding hydrogens is 256 g/mol. The Bertz CT molecular complexity index is 460. The van der Waals surface area contributed by atoms with Crippen molar-refractivity contribution in [3.63, 3.8) is 0 Å². The Morgan fingerprint density at radius 3 is 2.55 bits per heavy atom. The van der Waals surface area contributed by atoms with Crippen LogP contribution in [0.3, 0.4) is 0 Å². The SMILES string of the molecule is CC(C)CN(CCN(C)C)c1ncc(N)cc1C(=O)O. The summed E-state index contributed by atoms with van der Waals surface area (Å²) in [7, 11) is 3.98. The van der Waals surface area contributed by atoms with Crippen LogP contribution in [0.15, 0.2) is 12.3 Å². The Morgan fingerprint density at radius 2 is 2.05 bits per heavy atom. The summed E-state index contributed by atoms with van der Waals surface area (Å²) >= 11 is 0. The molecule has 0 bridgehead atoms. The van der Waals surface area contributed by atoms with Crippen LogP contribution in [-0.2, 0) is 0 Å². The summed E-state index contributed by atoms with van der Waals surface area (Å²) in [6.45, 7) is 6.51. The number of nitrogens with zero attached hydrogens (tertiary/aromatic N) is 3. The van der Waals surface area contributed by atoms with Crippen molar-refractivity contribution in [2.45, 2.75) is 13.8 Å². The number of carbonyl (C=O) groups is 1. The summed E-state index contributed by atoms with van der Waals surface area (Å²) in [6, 6.07) is 1.47. The first kappa shape index (κ1) is 16.2. The molecule has 6 nitrogen and oxygen atoms in total. The van der Waals surface area contributed by atoms with E-state index in [2.05, 4.69) is 23.7 Å². The second kappa shape index (κ2) is 7.09. The standard InChI is InChI=1S/C14H24N4O2/c1-10(2)9-18(6-5-17(3)4)13-12(14(19)20)7-11(15)8-16-13/h7-8,10H,5-6,9,15H2,1-4H3,(H,19,20). The number of carboxylic acids is 1. The molecule has 0 saturated heterocycles. The van der Waals surface area contributed by atoms with Crippen molar-refractivity contribution < 1.29 is 9.90 Å². The molecule has 0 unspecified atom stereocenters. The molecule has 112 valence electrons. The molecule has 0 aliphatic carbocycles. The maximum absolute atomic E-state index is 11.4. The van der Waals surface area contributed by atoms with Crippen LogP contribution in [-0.4, -0.2) is 54.7 Å². The maximum Gasteiger partial charge on any atom is 0.339 e. The third-order valence-corrected chi connectivity index (χ3v) is 2.82. The highest BCUT2D eigenvalue weighted by Crippen LogP contribution is 2.21. The second-order valence-electron chi connectivity index (χ2n) is 5.59. The number of pyridine rings is 1. The lowest BCUT2D eigenvalue weighted by molar-refractivity contribution is 0.0697. The first-order chi connectivity index (χ1) is 9.31. The molecule has 20 heavy (non-hydrogen) atoms. The van der Waals surface area contributed by atoms with E-state index in [1.54, 1.807) is 0 Å². The van der Waals surface area contributed by atoms with Gasteiger partial charge in [-0.05, 0) is 26.1 Å². The van der Waals surface area contributed by atoms with E-state index < -0.39 is 5.97 Å². The lowest BCUT2D eigenvalue weighted by Gasteiger charge is -2.28. The Balaban J connectivity index is 3.08. The number of carboxylic acid groups (broad SMARTS) is 1. The molecule has 0 atom stereocenters. The van der Waals surface area contributed by atoms with Gasteiger partial charge in [0.05, 0.1) is 11.9 Å². The van der Waals surface area contributed by atoms with Gasteiger partial charge in [-0.3, -0.25) is 0 Å². The van der Waals surface area contributed by atoms with Crippen LogP contribution >= 0.6 is 0 Å². The molecule has 0 fully saturated rings. The molecule has 0 aliphatic rings. The topological polar surface area (TPSA) is 82.7 Å². The minimum atomic E-state index is -1.00. The summed E-state index contributed by atoms with van der Waals surface area (Å²) in [5.41, 5.74) is 6.16. The predicted molar refractivity (Wildman–Crippen MR) is 81.2 cm³/mol. The van der Waals surface area contributed by atoms with Crippen molar-refractivity contribution in [2.24, 2.45) is 5.92 Å². The summed E-state index contributed by atoms with van der Waals surface area (Å²) in [6.07, 6.45) is 1.50. The molecule has 0 amide bonds. The summed E-state index contributed by atoms with van der Waals surface area (Å²) < 4.78 is 0. The zero-order chi connectivity index (χ0) is 15.3. The van der Waals surface area contributed by atoms with E-state index in [0.717, 1.165) is 19.6 Å². The van der Waals surface area contributed by atoms with Crippen LogP contribution in [0.5, 0.6) is 0 Å². The smallest absolute Gasteiger partial charge is 0.339 e. The molecule has 6 heteroatoms. The number of hydrogen-bond acceptors (Lipinski definition) is 5. The van der Waals surface area contributed by atoms with Gasteiger partial charge in [0.1, 0.15) is 11.4 Å². The van der Waals surface area contributed by atoms with Crippen LogP contribution in [0.2, 0.25) is 0 Å². The van der Waals surface area contributed by atoms with Crippen molar-refractivity contribution in [1.82, 2.24) is 9.88 Å². The zero-order valence-electron chi connectivity index (χ0n) is 12.6. The average Bonchev–Trinajstić information content (AvgIpc) is 2.33. The van der Waals surface area contributed by atoms with Crippen LogP contribution in [0.1, 0.15) is 24.2 Å². The number of nitrogen functional groups attached to an aromatic ring is 1. The Labute approximate surface area is 120 Å². The first-order valence-corrected chi connectivity index (χ1v) is 6.69. The minimum Gasteiger partial charge on any atom is -0.478 e. The van der Waals surface area contributed by atoms with Crippen LogP contribution in [0.25, 0.3) is 0 Å². The molecule has 1 aromatic rings. The third-order valence-electron chi connectivity index (χ3n) is 2.82. The maximum atomic E-state index is 11.4. The van der Waals surface area contributed by atoms with Crippen LogP contribution < -0.4 is 10.6 Å². The monoisotopic (exact) mass is 280 g/mol. The fraction of sp³-hybridized carbons (Fsp3) is 0.571. The second-order valence-corrected chi connectivity index (χ2v) is 5.59. The molecule has 0 saturated carbocycles. The fourth-order valence-electron chi connectivity index (χ4n) is 1.93. The van der Waals surface area contributed by atoms with Gasteiger partial charge in [0.25, 0.3) is 0 Å². The van der Waals surface area contributed by atoms with E-state index >= 15 is 0 Å². The molecule has 0 radical (unpaired) electrons. The molecule has 1 aromatic heterocycles. The van der Waals surface area contributed by atoms with E-state index in [-0.39, 0.29) is 5.56 Å². The van der Waals surface area contributed by atoms with Crippen LogP contribution in [0.4, 0.5) is 11.5 Å². The van der Waals surface area contributed by atoms with Gasteiger partial charge < -0.3 is 20.6 Å². The molecule has 0 aromatic carbocycles. The molecular formula is C14H24N4O2.